The standard InChI is InChI=1S/C8H5IO2S/c9-7-6(11)3-5(10)4-1-2-12-8(4)7/h1-3,10-11H. The van der Waals surface area contributed by atoms with Crippen LogP contribution in [0.4, 0.5) is 0 Å². The van der Waals surface area contributed by atoms with Crippen molar-refractivity contribution in [2.24, 2.45) is 0 Å². The minimum Gasteiger partial charge on any atom is -0.507 e. The maximum Gasteiger partial charge on any atom is 0.134 e. The van der Waals surface area contributed by atoms with Gasteiger partial charge in [0.05, 0.1) is 8.27 Å². The van der Waals surface area contributed by atoms with E-state index in [2.05, 4.69) is 22.6 Å². The molecule has 2 nitrogen and oxygen atoms in total. The summed E-state index contributed by atoms with van der Waals surface area (Å²) in [5.41, 5.74) is 0. The average Bonchev–Trinajstić information content (AvgIpc) is 2.48. The smallest absolute Gasteiger partial charge is 0.134 e. The number of benzene rings is 1. The Morgan fingerprint density at radius 3 is 2.75 bits per heavy atom. The van der Waals surface area contributed by atoms with Crippen LogP contribution >= 0.6 is 33.9 Å². The van der Waals surface area contributed by atoms with Gasteiger partial charge in [0.1, 0.15) is 11.5 Å². The van der Waals surface area contributed by atoms with Crippen LogP contribution in [-0.4, -0.2) is 10.2 Å². The van der Waals surface area contributed by atoms with Crippen LogP contribution in [0.2, 0.25) is 0 Å². The van der Waals surface area contributed by atoms with Crippen LogP contribution in [0.25, 0.3) is 10.1 Å². The molecule has 0 bridgehead atoms. The third-order valence-electron chi connectivity index (χ3n) is 1.64. The summed E-state index contributed by atoms with van der Waals surface area (Å²) < 4.78 is 1.74. The maximum absolute atomic E-state index is 9.41. The van der Waals surface area contributed by atoms with Gasteiger partial charge in [0.2, 0.25) is 0 Å². The lowest BCUT2D eigenvalue weighted by molar-refractivity contribution is 0.453. The molecule has 62 valence electrons. The largest absolute Gasteiger partial charge is 0.507 e. The van der Waals surface area contributed by atoms with Gasteiger partial charge in [0, 0.05) is 11.5 Å². The fraction of sp³-hybridized carbons (Fsp3) is 0. The summed E-state index contributed by atoms with van der Waals surface area (Å²) in [5, 5.41) is 21.5. The number of aromatic hydroxyl groups is 2. The van der Waals surface area contributed by atoms with E-state index in [1.54, 1.807) is 0 Å². The second-order valence-corrected chi connectivity index (χ2v) is 4.39. The number of halogens is 1. The highest BCUT2D eigenvalue weighted by Gasteiger charge is 2.09. The van der Waals surface area contributed by atoms with Crippen molar-refractivity contribution in [3.63, 3.8) is 0 Å². The summed E-state index contributed by atoms with van der Waals surface area (Å²) >= 11 is 3.58. The number of fused-ring (bicyclic) bond motifs is 1. The Labute approximate surface area is 86.6 Å². The van der Waals surface area contributed by atoms with E-state index in [9.17, 15) is 10.2 Å². The summed E-state index contributed by atoms with van der Waals surface area (Å²) in [6.07, 6.45) is 0. The fourth-order valence-electron chi connectivity index (χ4n) is 1.07. The first-order valence-electron chi connectivity index (χ1n) is 3.28. The molecular formula is C8H5IO2S. The SMILES string of the molecule is Oc1cc(O)c2ccsc2c1I. The highest BCUT2D eigenvalue weighted by Crippen LogP contribution is 2.38. The molecule has 0 radical (unpaired) electrons. The van der Waals surface area contributed by atoms with Crippen molar-refractivity contribution in [2.75, 3.05) is 0 Å². The molecule has 1 aromatic carbocycles. The van der Waals surface area contributed by atoms with Crippen LogP contribution in [0.1, 0.15) is 0 Å². The molecule has 1 heterocycles. The average molecular weight is 292 g/mol. The molecule has 0 spiro atoms. The highest BCUT2D eigenvalue weighted by molar-refractivity contribution is 14.1. The third kappa shape index (κ3) is 1.06. The highest BCUT2D eigenvalue weighted by atomic mass is 127. The molecule has 0 fully saturated rings. The number of phenols is 2. The number of rotatable bonds is 0. The number of thiophene rings is 1. The molecule has 2 rings (SSSR count). The fourth-order valence-corrected chi connectivity index (χ4v) is 2.74. The molecule has 0 saturated heterocycles. The summed E-state index contributed by atoms with van der Waals surface area (Å²) in [7, 11) is 0. The van der Waals surface area contributed by atoms with Gasteiger partial charge < -0.3 is 10.2 Å². The normalized spacial score (nSPS) is 10.8. The predicted octanol–water partition coefficient (Wildman–Crippen LogP) is 2.92. The Balaban J connectivity index is 2.97. The van der Waals surface area contributed by atoms with Crippen molar-refractivity contribution in [3.8, 4) is 11.5 Å². The summed E-state index contributed by atoms with van der Waals surface area (Å²) in [5.74, 6) is 0.284. The van der Waals surface area contributed by atoms with E-state index in [0.717, 1.165) is 13.7 Å². The van der Waals surface area contributed by atoms with Crippen molar-refractivity contribution in [2.45, 2.75) is 0 Å². The molecule has 2 N–H and O–H groups in total. The van der Waals surface area contributed by atoms with Gasteiger partial charge in [-0.15, -0.1) is 11.3 Å². The Kier molecular flexibility index (Phi) is 1.88. The van der Waals surface area contributed by atoms with E-state index < -0.39 is 0 Å². The van der Waals surface area contributed by atoms with Crippen LogP contribution < -0.4 is 0 Å². The molecule has 4 heteroatoms. The lowest BCUT2D eigenvalue weighted by atomic mass is 10.2. The molecule has 0 atom stereocenters. The number of phenolic OH excluding ortho intramolecular Hbond substituents is 2. The van der Waals surface area contributed by atoms with Crippen molar-refractivity contribution >= 4 is 44.0 Å². The molecule has 0 aliphatic carbocycles. The maximum atomic E-state index is 9.41. The van der Waals surface area contributed by atoms with Gasteiger partial charge in [0.15, 0.2) is 0 Å². The molecule has 12 heavy (non-hydrogen) atoms. The first-order valence-corrected chi connectivity index (χ1v) is 5.23. The number of hydrogen-bond acceptors (Lipinski definition) is 3. The first-order chi connectivity index (χ1) is 5.70. The predicted molar refractivity (Wildman–Crippen MR) is 57.9 cm³/mol. The quantitative estimate of drug-likeness (QED) is 0.733. The zero-order chi connectivity index (χ0) is 8.72. The van der Waals surface area contributed by atoms with Crippen LogP contribution in [0, 0.1) is 3.57 Å². The molecule has 0 saturated carbocycles. The van der Waals surface area contributed by atoms with E-state index in [-0.39, 0.29) is 11.5 Å². The number of hydrogen-bond donors (Lipinski definition) is 2. The van der Waals surface area contributed by atoms with E-state index >= 15 is 0 Å². The van der Waals surface area contributed by atoms with Gasteiger partial charge in [-0.1, -0.05) is 0 Å². The monoisotopic (exact) mass is 292 g/mol. The van der Waals surface area contributed by atoms with Gasteiger partial charge in [-0.25, -0.2) is 0 Å². The Morgan fingerprint density at radius 2 is 2.00 bits per heavy atom. The van der Waals surface area contributed by atoms with Gasteiger partial charge in [-0.2, -0.15) is 0 Å². The molecule has 1 aromatic heterocycles. The van der Waals surface area contributed by atoms with E-state index in [0.29, 0.717) is 0 Å². The Bertz CT molecular complexity index is 436. The van der Waals surface area contributed by atoms with Gasteiger partial charge in [-0.3, -0.25) is 0 Å². The lowest BCUT2D eigenvalue weighted by Crippen LogP contribution is -1.74. The topological polar surface area (TPSA) is 40.5 Å². The van der Waals surface area contributed by atoms with Crippen LogP contribution in [0.15, 0.2) is 17.5 Å². The van der Waals surface area contributed by atoms with E-state index in [1.165, 1.54) is 17.4 Å². The minimum atomic E-state index is 0.142. The van der Waals surface area contributed by atoms with Gasteiger partial charge >= 0.3 is 0 Å². The van der Waals surface area contributed by atoms with Crippen molar-refractivity contribution in [1.29, 1.82) is 0 Å². The van der Waals surface area contributed by atoms with Crippen molar-refractivity contribution in [3.05, 3.63) is 21.1 Å². The molecule has 0 unspecified atom stereocenters. The van der Waals surface area contributed by atoms with Crippen molar-refractivity contribution < 1.29 is 10.2 Å². The molecule has 0 aliphatic rings. The van der Waals surface area contributed by atoms with Gasteiger partial charge in [-0.05, 0) is 34.0 Å². The van der Waals surface area contributed by atoms with Crippen LogP contribution in [0.5, 0.6) is 11.5 Å². The first kappa shape index (κ1) is 8.12. The van der Waals surface area contributed by atoms with Crippen LogP contribution in [0.3, 0.4) is 0 Å². The van der Waals surface area contributed by atoms with E-state index in [4.69, 9.17) is 0 Å². The lowest BCUT2D eigenvalue weighted by Gasteiger charge is -2.00. The van der Waals surface area contributed by atoms with Crippen LogP contribution in [-0.2, 0) is 0 Å². The zero-order valence-electron chi connectivity index (χ0n) is 5.91. The summed E-state index contributed by atoms with van der Waals surface area (Å²) in [4.78, 5) is 0. The van der Waals surface area contributed by atoms with E-state index in [1.807, 2.05) is 11.4 Å². The Morgan fingerprint density at radius 1 is 1.25 bits per heavy atom. The van der Waals surface area contributed by atoms with Crippen molar-refractivity contribution in [1.82, 2.24) is 0 Å². The second kappa shape index (κ2) is 2.77. The second-order valence-electron chi connectivity index (χ2n) is 2.39. The van der Waals surface area contributed by atoms with Gasteiger partial charge in [0.25, 0.3) is 0 Å². The molecule has 0 aliphatic heterocycles. The molecule has 2 aromatic rings. The minimum absolute atomic E-state index is 0.142. The Hall–Kier alpha value is -0.490. The zero-order valence-corrected chi connectivity index (χ0v) is 8.89. The molecule has 0 amide bonds. The summed E-state index contributed by atoms with van der Waals surface area (Å²) in [6, 6.07) is 3.22. The third-order valence-corrected chi connectivity index (χ3v) is 4.03. The molecular weight excluding hydrogens is 287 g/mol. The summed E-state index contributed by atoms with van der Waals surface area (Å²) in [6.45, 7) is 0.